The molecule has 1 aromatic carbocycles. The zero-order valence-electron chi connectivity index (χ0n) is 9.62. The predicted molar refractivity (Wildman–Crippen MR) is 67.8 cm³/mol. The average Bonchev–Trinajstić information content (AvgIpc) is 2.97. The highest BCUT2D eigenvalue weighted by atomic mass is 16.5. The molecule has 0 N–H and O–H groups in total. The standard InChI is InChI=1S/C15H15NO/c1-2-4-11(5-3-1)16-14-6-7-15(16)13-10-17-9-8-12(13)14/h1-7,10,12,14-15H,8-9H2/t12-,14-,15+/m0/s1. The van der Waals surface area contributed by atoms with Gasteiger partial charge in [0.2, 0.25) is 0 Å². The van der Waals surface area contributed by atoms with Crippen molar-refractivity contribution in [2.75, 3.05) is 11.5 Å². The lowest BCUT2D eigenvalue weighted by atomic mass is 9.86. The number of hydrogen-bond acceptors (Lipinski definition) is 2. The first-order valence-corrected chi connectivity index (χ1v) is 6.28. The summed E-state index contributed by atoms with van der Waals surface area (Å²) in [5, 5.41) is 0. The largest absolute Gasteiger partial charge is 0.501 e. The van der Waals surface area contributed by atoms with E-state index in [1.54, 1.807) is 0 Å². The Bertz CT molecular complexity index is 491. The fourth-order valence-corrected chi connectivity index (χ4v) is 3.38. The van der Waals surface area contributed by atoms with Gasteiger partial charge in [0.05, 0.1) is 25.0 Å². The maximum Gasteiger partial charge on any atom is 0.0880 e. The van der Waals surface area contributed by atoms with Gasteiger partial charge in [-0.15, -0.1) is 0 Å². The van der Waals surface area contributed by atoms with E-state index in [1.807, 2.05) is 6.26 Å². The zero-order valence-corrected chi connectivity index (χ0v) is 9.62. The molecule has 0 unspecified atom stereocenters. The molecule has 86 valence electrons. The Labute approximate surface area is 101 Å². The van der Waals surface area contributed by atoms with Gasteiger partial charge in [0.1, 0.15) is 0 Å². The SMILES string of the molecule is C1=C[C@H]2[C@H]3CCOC=C3[C@@H]1N2c1ccccc1. The van der Waals surface area contributed by atoms with E-state index in [2.05, 4.69) is 47.4 Å². The summed E-state index contributed by atoms with van der Waals surface area (Å²) in [5.41, 5.74) is 2.79. The van der Waals surface area contributed by atoms with Gasteiger partial charge in [0.25, 0.3) is 0 Å². The third-order valence-corrected chi connectivity index (χ3v) is 4.11. The molecule has 3 atom stereocenters. The maximum atomic E-state index is 5.50. The zero-order chi connectivity index (χ0) is 11.2. The molecular weight excluding hydrogens is 210 g/mol. The van der Waals surface area contributed by atoms with Crippen LogP contribution >= 0.6 is 0 Å². The molecule has 0 saturated carbocycles. The summed E-state index contributed by atoms with van der Waals surface area (Å²) in [6.45, 7) is 0.869. The number of ether oxygens (including phenoxy) is 1. The highest BCUT2D eigenvalue weighted by molar-refractivity contribution is 5.60. The monoisotopic (exact) mass is 225 g/mol. The van der Waals surface area contributed by atoms with Crippen LogP contribution < -0.4 is 4.90 Å². The Balaban J connectivity index is 1.77. The summed E-state index contributed by atoms with van der Waals surface area (Å²) in [4.78, 5) is 2.52. The van der Waals surface area contributed by atoms with Crippen LogP contribution in [0.5, 0.6) is 0 Å². The van der Waals surface area contributed by atoms with Crippen LogP contribution in [0.15, 0.2) is 54.3 Å². The molecule has 1 fully saturated rings. The first-order chi connectivity index (χ1) is 8.45. The van der Waals surface area contributed by atoms with Crippen LogP contribution in [-0.2, 0) is 4.74 Å². The van der Waals surface area contributed by atoms with Crippen molar-refractivity contribution in [1.29, 1.82) is 0 Å². The molecule has 1 aromatic rings. The van der Waals surface area contributed by atoms with E-state index in [0.29, 0.717) is 18.0 Å². The van der Waals surface area contributed by atoms with Crippen LogP contribution in [0.3, 0.4) is 0 Å². The predicted octanol–water partition coefficient (Wildman–Crippen LogP) is 2.73. The van der Waals surface area contributed by atoms with Gasteiger partial charge in [0, 0.05) is 11.6 Å². The van der Waals surface area contributed by atoms with E-state index in [0.717, 1.165) is 13.0 Å². The molecule has 3 heterocycles. The van der Waals surface area contributed by atoms with Crippen LogP contribution in [0.4, 0.5) is 5.69 Å². The molecule has 0 aromatic heterocycles. The molecule has 2 heteroatoms. The van der Waals surface area contributed by atoms with Gasteiger partial charge in [-0.3, -0.25) is 0 Å². The van der Waals surface area contributed by atoms with Gasteiger partial charge in [-0.25, -0.2) is 0 Å². The molecule has 4 rings (SSSR count). The number of nitrogens with zero attached hydrogens (tertiary/aromatic N) is 1. The third kappa shape index (κ3) is 1.21. The lowest BCUT2D eigenvalue weighted by Crippen LogP contribution is -2.31. The normalized spacial score (nSPS) is 33.3. The first kappa shape index (κ1) is 9.34. The van der Waals surface area contributed by atoms with E-state index in [1.165, 1.54) is 11.3 Å². The molecule has 2 bridgehead atoms. The van der Waals surface area contributed by atoms with Crippen molar-refractivity contribution in [2.24, 2.45) is 5.92 Å². The van der Waals surface area contributed by atoms with E-state index in [4.69, 9.17) is 4.74 Å². The van der Waals surface area contributed by atoms with Gasteiger partial charge in [0.15, 0.2) is 0 Å². The van der Waals surface area contributed by atoms with Crippen molar-refractivity contribution in [3.63, 3.8) is 0 Å². The lowest BCUT2D eigenvalue weighted by Gasteiger charge is -2.25. The van der Waals surface area contributed by atoms with Gasteiger partial charge >= 0.3 is 0 Å². The molecule has 2 nitrogen and oxygen atoms in total. The van der Waals surface area contributed by atoms with Crippen molar-refractivity contribution in [3.05, 3.63) is 54.3 Å². The molecular formula is C15H15NO. The molecule has 0 amide bonds. The second kappa shape index (κ2) is 3.39. The van der Waals surface area contributed by atoms with Crippen molar-refractivity contribution in [1.82, 2.24) is 0 Å². The van der Waals surface area contributed by atoms with Crippen molar-refractivity contribution < 1.29 is 4.74 Å². The minimum absolute atomic E-state index is 0.424. The topological polar surface area (TPSA) is 12.5 Å². The maximum absolute atomic E-state index is 5.50. The Morgan fingerprint density at radius 2 is 2.00 bits per heavy atom. The smallest absolute Gasteiger partial charge is 0.0880 e. The fraction of sp³-hybridized carbons (Fsp3) is 0.333. The summed E-state index contributed by atoms with van der Waals surface area (Å²) in [6, 6.07) is 11.7. The fourth-order valence-electron chi connectivity index (χ4n) is 3.38. The summed E-state index contributed by atoms with van der Waals surface area (Å²) in [7, 11) is 0. The highest BCUT2D eigenvalue weighted by Gasteiger charge is 2.47. The molecule has 0 radical (unpaired) electrons. The molecule has 17 heavy (non-hydrogen) atoms. The summed E-state index contributed by atoms with van der Waals surface area (Å²) >= 11 is 0. The molecule has 3 aliphatic heterocycles. The Morgan fingerprint density at radius 3 is 2.82 bits per heavy atom. The van der Waals surface area contributed by atoms with Crippen LogP contribution in [0.1, 0.15) is 6.42 Å². The van der Waals surface area contributed by atoms with Crippen LogP contribution in [0.2, 0.25) is 0 Å². The number of fused-ring (bicyclic) bond motifs is 5. The average molecular weight is 225 g/mol. The Morgan fingerprint density at radius 1 is 1.12 bits per heavy atom. The van der Waals surface area contributed by atoms with Crippen LogP contribution in [-0.4, -0.2) is 18.7 Å². The minimum Gasteiger partial charge on any atom is -0.501 e. The van der Waals surface area contributed by atoms with Gasteiger partial charge < -0.3 is 9.64 Å². The van der Waals surface area contributed by atoms with Gasteiger partial charge in [-0.1, -0.05) is 30.4 Å². The van der Waals surface area contributed by atoms with E-state index in [9.17, 15) is 0 Å². The van der Waals surface area contributed by atoms with E-state index in [-0.39, 0.29) is 0 Å². The van der Waals surface area contributed by atoms with Crippen LogP contribution in [0, 0.1) is 5.92 Å². The number of anilines is 1. The van der Waals surface area contributed by atoms with Crippen molar-refractivity contribution >= 4 is 5.69 Å². The molecule has 3 aliphatic rings. The van der Waals surface area contributed by atoms with Crippen molar-refractivity contribution in [2.45, 2.75) is 18.5 Å². The number of hydrogen-bond donors (Lipinski definition) is 0. The quantitative estimate of drug-likeness (QED) is 0.681. The number of para-hydroxylation sites is 1. The second-order valence-electron chi connectivity index (χ2n) is 4.95. The number of benzene rings is 1. The van der Waals surface area contributed by atoms with E-state index < -0.39 is 0 Å². The summed E-state index contributed by atoms with van der Waals surface area (Å²) in [5.74, 6) is 0.666. The molecule has 0 spiro atoms. The van der Waals surface area contributed by atoms with Crippen LogP contribution in [0.25, 0.3) is 0 Å². The summed E-state index contributed by atoms with van der Waals surface area (Å²) in [6.07, 6.45) is 7.83. The van der Waals surface area contributed by atoms with Gasteiger partial charge in [-0.2, -0.15) is 0 Å². The summed E-state index contributed by atoms with van der Waals surface area (Å²) < 4.78 is 5.50. The third-order valence-electron chi connectivity index (χ3n) is 4.11. The molecule has 0 aliphatic carbocycles. The Hall–Kier alpha value is -1.70. The van der Waals surface area contributed by atoms with Gasteiger partial charge in [-0.05, 0) is 24.1 Å². The molecule has 1 saturated heterocycles. The Kier molecular flexibility index (Phi) is 1.87. The minimum atomic E-state index is 0.424. The first-order valence-electron chi connectivity index (χ1n) is 6.28. The van der Waals surface area contributed by atoms with E-state index >= 15 is 0 Å². The second-order valence-corrected chi connectivity index (χ2v) is 4.95. The lowest BCUT2D eigenvalue weighted by molar-refractivity contribution is 0.201. The number of rotatable bonds is 1. The highest BCUT2D eigenvalue weighted by Crippen LogP contribution is 2.46. The van der Waals surface area contributed by atoms with Crippen molar-refractivity contribution in [3.8, 4) is 0 Å².